The summed E-state index contributed by atoms with van der Waals surface area (Å²) < 4.78 is 5.30. The second kappa shape index (κ2) is 6.39. The number of methoxy groups -OCH3 is 1. The van der Waals surface area contributed by atoms with Gasteiger partial charge in [0.25, 0.3) is 5.91 Å². The number of ether oxygens (including phenoxy) is 1. The molecule has 1 amide bonds. The second-order valence-electron chi connectivity index (χ2n) is 6.89. The lowest BCUT2D eigenvalue weighted by molar-refractivity contribution is 0.0935. The Bertz CT molecular complexity index is 1080. The second-order valence-corrected chi connectivity index (χ2v) is 8.36. The van der Waals surface area contributed by atoms with E-state index in [0.717, 1.165) is 52.0 Å². The number of nitrogens with one attached hydrogen (secondary N) is 2. The summed E-state index contributed by atoms with van der Waals surface area (Å²) in [6.45, 7) is 0. The number of anilines is 1. The van der Waals surface area contributed by atoms with Gasteiger partial charge in [-0.25, -0.2) is 4.98 Å². The van der Waals surface area contributed by atoms with Crippen LogP contribution >= 0.6 is 22.9 Å². The Morgan fingerprint density at radius 2 is 2.07 bits per heavy atom. The van der Waals surface area contributed by atoms with Gasteiger partial charge in [-0.05, 0) is 55.5 Å². The Hall–Kier alpha value is -2.31. The first-order valence-corrected chi connectivity index (χ1v) is 10.2. The summed E-state index contributed by atoms with van der Waals surface area (Å²) in [6.07, 6.45) is 3.99. The van der Waals surface area contributed by atoms with Gasteiger partial charge in [-0.1, -0.05) is 11.6 Å². The van der Waals surface area contributed by atoms with E-state index in [4.69, 9.17) is 16.3 Å². The number of aryl methyl sites for hydroxylation is 1. The Labute approximate surface area is 165 Å². The summed E-state index contributed by atoms with van der Waals surface area (Å²) >= 11 is 8.16. The van der Waals surface area contributed by atoms with Crippen LogP contribution in [0.4, 0.5) is 5.00 Å². The molecule has 0 radical (unpaired) electrons. The van der Waals surface area contributed by atoms with E-state index in [9.17, 15) is 4.79 Å². The molecule has 0 spiro atoms. The van der Waals surface area contributed by atoms with Gasteiger partial charge in [0.1, 0.15) is 22.1 Å². The van der Waals surface area contributed by atoms with Crippen molar-refractivity contribution in [3.05, 3.63) is 51.0 Å². The molecule has 0 unspecified atom stereocenters. The fraction of sp³-hybridized carbons (Fsp3) is 0.300. The monoisotopic (exact) mass is 399 g/mol. The number of carbonyl (C=O) groups is 1. The highest BCUT2D eigenvalue weighted by Crippen LogP contribution is 2.42. The van der Waals surface area contributed by atoms with E-state index >= 15 is 0 Å². The summed E-state index contributed by atoms with van der Waals surface area (Å²) in [4.78, 5) is 18.7. The van der Waals surface area contributed by atoms with Crippen LogP contribution in [0.3, 0.4) is 0 Å². The van der Waals surface area contributed by atoms with Crippen LogP contribution in [0, 0.1) is 0 Å². The molecule has 5 rings (SSSR count). The van der Waals surface area contributed by atoms with E-state index in [1.807, 2.05) is 24.3 Å². The number of hydrogen-bond acceptors (Lipinski definition) is 5. The van der Waals surface area contributed by atoms with Crippen LogP contribution < -0.4 is 15.4 Å². The lowest BCUT2D eigenvalue weighted by Crippen LogP contribution is -2.38. The van der Waals surface area contributed by atoms with Crippen molar-refractivity contribution in [2.75, 3.05) is 12.4 Å². The molecule has 1 aromatic carbocycles. The number of halogens is 1. The van der Waals surface area contributed by atoms with Crippen molar-refractivity contribution in [3.8, 4) is 5.75 Å². The van der Waals surface area contributed by atoms with E-state index in [1.54, 1.807) is 18.4 Å². The van der Waals surface area contributed by atoms with E-state index < -0.39 is 6.17 Å². The van der Waals surface area contributed by atoms with E-state index in [2.05, 4.69) is 15.6 Å². The van der Waals surface area contributed by atoms with Crippen molar-refractivity contribution in [2.45, 2.75) is 31.8 Å². The highest BCUT2D eigenvalue weighted by molar-refractivity contribution is 7.16. The molecule has 0 saturated carbocycles. The van der Waals surface area contributed by atoms with Crippen LogP contribution in [0.2, 0.25) is 5.15 Å². The third-order valence-corrected chi connectivity index (χ3v) is 6.79. The van der Waals surface area contributed by atoms with Gasteiger partial charge < -0.3 is 15.4 Å². The number of aromatic nitrogens is 1. The molecule has 0 saturated heterocycles. The van der Waals surface area contributed by atoms with Crippen LogP contribution in [-0.4, -0.2) is 18.0 Å². The van der Waals surface area contributed by atoms with Crippen molar-refractivity contribution in [1.29, 1.82) is 0 Å². The number of rotatable bonds is 2. The average Bonchev–Trinajstić information content (AvgIpc) is 3.06. The Morgan fingerprint density at radius 3 is 2.93 bits per heavy atom. The maximum absolute atomic E-state index is 12.8. The molecular weight excluding hydrogens is 382 g/mol. The third-order valence-electron chi connectivity index (χ3n) is 5.26. The van der Waals surface area contributed by atoms with Gasteiger partial charge in [0, 0.05) is 15.8 Å². The summed E-state index contributed by atoms with van der Waals surface area (Å²) in [7, 11) is 1.63. The molecule has 2 N–H and O–H groups in total. The van der Waals surface area contributed by atoms with Crippen molar-refractivity contribution in [2.24, 2.45) is 0 Å². The van der Waals surface area contributed by atoms with E-state index in [0.29, 0.717) is 5.15 Å². The molecule has 3 aromatic rings. The molecule has 2 aromatic heterocycles. The molecule has 5 nitrogen and oxygen atoms in total. The van der Waals surface area contributed by atoms with Crippen molar-refractivity contribution in [1.82, 2.24) is 10.3 Å². The van der Waals surface area contributed by atoms with Gasteiger partial charge in [-0.15, -0.1) is 11.3 Å². The number of thiophene rings is 1. The van der Waals surface area contributed by atoms with Crippen molar-refractivity contribution in [3.63, 3.8) is 0 Å². The highest BCUT2D eigenvalue weighted by atomic mass is 35.5. The zero-order valence-electron chi connectivity index (χ0n) is 14.8. The van der Waals surface area contributed by atoms with Crippen LogP contribution in [0.5, 0.6) is 5.75 Å². The standard InChI is InChI=1S/C20H18ClN3O2S/c1-26-11-6-7-14-10(8-11)9-13(17(21)22-14)18-23-19(25)16-12-4-2-3-5-15(12)27-20(16)24-18/h6-9,18,24H,2-5H2,1H3,(H,23,25)/t18-/m1/s1. The lowest BCUT2D eigenvalue weighted by atomic mass is 9.94. The van der Waals surface area contributed by atoms with Crippen LogP contribution in [-0.2, 0) is 12.8 Å². The fourth-order valence-electron chi connectivity index (χ4n) is 3.91. The van der Waals surface area contributed by atoms with Gasteiger partial charge in [0.05, 0.1) is 18.2 Å². The number of benzene rings is 1. The predicted molar refractivity (Wildman–Crippen MR) is 108 cm³/mol. The Morgan fingerprint density at radius 1 is 1.22 bits per heavy atom. The van der Waals surface area contributed by atoms with Gasteiger partial charge in [-0.3, -0.25) is 4.79 Å². The minimum Gasteiger partial charge on any atom is -0.497 e. The first-order valence-electron chi connectivity index (χ1n) is 9.00. The summed E-state index contributed by atoms with van der Waals surface area (Å²) in [5.74, 6) is 0.724. The number of hydrogen-bond donors (Lipinski definition) is 2. The topological polar surface area (TPSA) is 63.2 Å². The summed E-state index contributed by atoms with van der Waals surface area (Å²) in [6, 6.07) is 7.61. The molecule has 2 aliphatic rings. The minimum atomic E-state index is -0.402. The zero-order valence-corrected chi connectivity index (χ0v) is 16.3. The number of fused-ring (bicyclic) bond motifs is 4. The molecule has 3 heterocycles. The molecule has 1 aliphatic carbocycles. The molecule has 0 bridgehead atoms. The van der Waals surface area contributed by atoms with Gasteiger partial charge in [0.2, 0.25) is 0 Å². The fourth-order valence-corrected chi connectivity index (χ4v) is 5.48. The van der Waals surface area contributed by atoms with Gasteiger partial charge >= 0.3 is 0 Å². The molecule has 1 aliphatic heterocycles. The average molecular weight is 400 g/mol. The van der Waals surface area contributed by atoms with Crippen molar-refractivity contribution >= 4 is 44.7 Å². The molecule has 138 valence electrons. The smallest absolute Gasteiger partial charge is 0.256 e. The molecular formula is C20H18ClN3O2S. The van der Waals surface area contributed by atoms with Gasteiger partial charge in [0.15, 0.2) is 0 Å². The Kier molecular flexibility index (Phi) is 3.98. The normalized spacial score (nSPS) is 18.4. The van der Waals surface area contributed by atoms with Crippen LogP contribution in [0.1, 0.15) is 45.4 Å². The lowest BCUT2D eigenvalue weighted by Gasteiger charge is -2.27. The third kappa shape index (κ3) is 2.75. The van der Waals surface area contributed by atoms with E-state index in [-0.39, 0.29) is 5.91 Å². The highest BCUT2D eigenvalue weighted by Gasteiger charge is 2.33. The summed E-state index contributed by atoms with van der Waals surface area (Å²) in [5, 5.41) is 8.77. The SMILES string of the molecule is COc1ccc2nc(Cl)c([C@@H]3NC(=O)c4c(sc5c4CCCC5)N3)cc2c1. The number of carbonyl (C=O) groups excluding carboxylic acids is 1. The number of pyridine rings is 1. The largest absolute Gasteiger partial charge is 0.497 e. The molecule has 7 heteroatoms. The van der Waals surface area contributed by atoms with E-state index in [1.165, 1.54) is 16.9 Å². The van der Waals surface area contributed by atoms with Crippen molar-refractivity contribution < 1.29 is 9.53 Å². The number of nitrogens with zero attached hydrogens (tertiary/aromatic N) is 1. The first kappa shape index (κ1) is 16.8. The minimum absolute atomic E-state index is 0.0324. The molecule has 0 fully saturated rings. The maximum Gasteiger partial charge on any atom is 0.256 e. The Balaban J connectivity index is 1.56. The van der Waals surface area contributed by atoms with Gasteiger partial charge in [-0.2, -0.15) is 0 Å². The molecule has 27 heavy (non-hydrogen) atoms. The maximum atomic E-state index is 12.8. The van der Waals surface area contributed by atoms with Crippen LogP contribution in [0.15, 0.2) is 24.3 Å². The zero-order chi connectivity index (χ0) is 18.5. The summed E-state index contributed by atoms with van der Waals surface area (Å²) in [5.41, 5.74) is 3.58. The van der Waals surface area contributed by atoms with Crippen LogP contribution in [0.25, 0.3) is 10.9 Å². The first-order chi connectivity index (χ1) is 13.1. The predicted octanol–water partition coefficient (Wildman–Crippen LogP) is 4.69. The number of amides is 1. The molecule has 1 atom stereocenters. The quantitative estimate of drug-likeness (QED) is 0.613.